The van der Waals surface area contributed by atoms with Crippen LogP contribution in [0.4, 0.5) is 0 Å². The predicted molar refractivity (Wildman–Crippen MR) is 40.2 cm³/mol. The fraction of sp³-hybridized carbons (Fsp3) is 0.857. The van der Waals surface area contributed by atoms with Crippen LogP contribution in [0.2, 0.25) is 0 Å². The molecule has 0 radical (unpaired) electrons. The van der Waals surface area contributed by atoms with Gasteiger partial charge in [-0.15, -0.1) is 0 Å². The van der Waals surface area contributed by atoms with E-state index in [0.717, 1.165) is 0 Å². The largest absolute Gasteiger partial charge is 0.394 e. The molecule has 5 heteroatoms. The standard InChI is InChI=1S/C7H13NO4/c1-3-5(10)6(11)4(2-9)8-7(3)12/h3-6,9-11H,2H2,1H3,(H,8,12)/t3-,4-,5-,6-/m1/s1. The van der Waals surface area contributed by atoms with E-state index >= 15 is 0 Å². The van der Waals surface area contributed by atoms with Crippen molar-refractivity contribution in [2.45, 2.75) is 25.2 Å². The maximum atomic E-state index is 11.0. The Labute approximate surface area is 70.0 Å². The van der Waals surface area contributed by atoms with Crippen molar-refractivity contribution in [3.63, 3.8) is 0 Å². The van der Waals surface area contributed by atoms with Crippen LogP contribution in [0.25, 0.3) is 0 Å². The number of carbonyl (C=O) groups is 1. The van der Waals surface area contributed by atoms with Crippen molar-refractivity contribution in [2.75, 3.05) is 6.61 Å². The first kappa shape index (κ1) is 9.44. The minimum Gasteiger partial charge on any atom is -0.394 e. The van der Waals surface area contributed by atoms with Crippen molar-refractivity contribution < 1.29 is 20.1 Å². The van der Waals surface area contributed by atoms with Crippen LogP contribution in [-0.2, 0) is 4.79 Å². The second-order valence-electron chi connectivity index (χ2n) is 3.07. The van der Waals surface area contributed by atoms with E-state index in [4.69, 9.17) is 5.11 Å². The Bertz CT molecular complexity index is 182. The zero-order chi connectivity index (χ0) is 9.30. The number of amides is 1. The summed E-state index contributed by atoms with van der Waals surface area (Å²) < 4.78 is 0. The van der Waals surface area contributed by atoms with Gasteiger partial charge >= 0.3 is 0 Å². The molecule has 1 saturated heterocycles. The van der Waals surface area contributed by atoms with Gasteiger partial charge in [0.15, 0.2) is 0 Å². The third-order valence-corrected chi connectivity index (χ3v) is 2.21. The van der Waals surface area contributed by atoms with Crippen molar-refractivity contribution in [1.82, 2.24) is 5.32 Å². The summed E-state index contributed by atoms with van der Waals surface area (Å²) in [6.07, 6.45) is -2.17. The van der Waals surface area contributed by atoms with Crippen molar-refractivity contribution in [2.24, 2.45) is 5.92 Å². The monoisotopic (exact) mass is 175 g/mol. The van der Waals surface area contributed by atoms with Crippen molar-refractivity contribution in [1.29, 1.82) is 0 Å². The maximum Gasteiger partial charge on any atom is 0.225 e. The lowest BCUT2D eigenvalue weighted by Crippen LogP contribution is -2.60. The van der Waals surface area contributed by atoms with E-state index in [1.165, 1.54) is 6.92 Å². The molecule has 0 spiro atoms. The molecular formula is C7H13NO4. The zero-order valence-corrected chi connectivity index (χ0v) is 6.77. The van der Waals surface area contributed by atoms with Gasteiger partial charge in [-0.05, 0) is 0 Å². The second kappa shape index (κ2) is 3.38. The summed E-state index contributed by atoms with van der Waals surface area (Å²) in [5, 5.41) is 29.7. The molecule has 1 aliphatic heterocycles. The van der Waals surface area contributed by atoms with Gasteiger partial charge in [-0.1, -0.05) is 6.92 Å². The highest BCUT2D eigenvalue weighted by Crippen LogP contribution is 2.16. The summed E-state index contributed by atoms with van der Waals surface area (Å²) in [5.74, 6) is -0.963. The van der Waals surface area contributed by atoms with Crippen LogP contribution in [0, 0.1) is 5.92 Å². The summed E-state index contributed by atoms with van der Waals surface area (Å²) in [7, 11) is 0. The number of rotatable bonds is 1. The van der Waals surface area contributed by atoms with E-state index in [0.29, 0.717) is 0 Å². The van der Waals surface area contributed by atoms with E-state index in [1.54, 1.807) is 0 Å². The molecule has 70 valence electrons. The number of carbonyl (C=O) groups excluding carboxylic acids is 1. The Morgan fingerprint density at radius 3 is 2.50 bits per heavy atom. The highest BCUT2D eigenvalue weighted by atomic mass is 16.3. The first-order valence-electron chi connectivity index (χ1n) is 3.85. The van der Waals surface area contributed by atoms with Gasteiger partial charge < -0.3 is 20.6 Å². The smallest absolute Gasteiger partial charge is 0.225 e. The van der Waals surface area contributed by atoms with E-state index in [-0.39, 0.29) is 12.5 Å². The van der Waals surface area contributed by atoms with E-state index in [9.17, 15) is 15.0 Å². The molecular weight excluding hydrogens is 162 g/mol. The Balaban J connectivity index is 2.70. The van der Waals surface area contributed by atoms with Crippen molar-refractivity contribution >= 4 is 5.91 Å². The number of aliphatic hydroxyl groups excluding tert-OH is 3. The minimum absolute atomic E-state index is 0.341. The predicted octanol–water partition coefficient (Wildman–Crippen LogP) is -2.16. The Hall–Kier alpha value is -0.650. The minimum atomic E-state index is -1.09. The summed E-state index contributed by atoms with van der Waals surface area (Å²) in [6.45, 7) is 1.16. The highest BCUT2D eigenvalue weighted by Gasteiger charge is 2.39. The van der Waals surface area contributed by atoms with E-state index in [2.05, 4.69) is 5.32 Å². The Kier molecular flexibility index (Phi) is 2.66. The third-order valence-electron chi connectivity index (χ3n) is 2.21. The van der Waals surface area contributed by atoms with Crippen LogP contribution >= 0.6 is 0 Å². The molecule has 1 heterocycles. The summed E-state index contributed by atoms with van der Waals surface area (Å²) in [6, 6.07) is -0.747. The van der Waals surface area contributed by atoms with Crippen LogP contribution in [0.3, 0.4) is 0 Å². The van der Waals surface area contributed by atoms with E-state index in [1.807, 2.05) is 0 Å². The molecule has 1 fully saturated rings. The molecule has 1 rings (SSSR count). The SMILES string of the molecule is C[C@H]1C(=O)N[C@H](CO)[C@@H](O)[C@@H]1O. The third kappa shape index (κ3) is 1.43. The van der Waals surface area contributed by atoms with Crippen LogP contribution < -0.4 is 5.32 Å². The maximum absolute atomic E-state index is 11.0. The fourth-order valence-electron chi connectivity index (χ4n) is 1.24. The number of hydrogen-bond donors (Lipinski definition) is 4. The molecule has 0 aromatic carbocycles. The molecule has 12 heavy (non-hydrogen) atoms. The van der Waals surface area contributed by atoms with Gasteiger partial charge in [0.2, 0.25) is 5.91 Å². The molecule has 0 bridgehead atoms. The molecule has 5 nitrogen and oxygen atoms in total. The number of nitrogens with one attached hydrogen (secondary N) is 1. The second-order valence-corrected chi connectivity index (χ2v) is 3.07. The van der Waals surface area contributed by atoms with Gasteiger partial charge in [-0.3, -0.25) is 4.79 Å². The molecule has 1 aliphatic rings. The quantitative estimate of drug-likeness (QED) is 0.365. The molecule has 0 aromatic heterocycles. The van der Waals surface area contributed by atoms with Gasteiger partial charge in [0.05, 0.1) is 24.7 Å². The Morgan fingerprint density at radius 1 is 1.42 bits per heavy atom. The topological polar surface area (TPSA) is 89.8 Å². The van der Waals surface area contributed by atoms with Crippen LogP contribution in [0.15, 0.2) is 0 Å². The molecule has 1 amide bonds. The molecule has 0 unspecified atom stereocenters. The summed E-state index contributed by atoms with van der Waals surface area (Å²) in [5.41, 5.74) is 0. The lowest BCUT2D eigenvalue weighted by Gasteiger charge is -2.35. The number of hydrogen-bond acceptors (Lipinski definition) is 4. The number of aliphatic hydroxyl groups is 3. The van der Waals surface area contributed by atoms with Gasteiger partial charge in [0.25, 0.3) is 0 Å². The lowest BCUT2D eigenvalue weighted by molar-refractivity contribution is -0.143. The van der Waals surface area contributed by atoms with Gasteiger partial charge in [0.1, 0.15) is 6.10 Å². The lowest BCUT2D eigenvalue weighted by atomic mass is 9.90. The van der Waals surface area contributed by atoms with Crippen molar-refractivity contribution in [3.8, 4) is 0 Å². The average Bonchev–Trinajstić information content (AvgIpc) is 2.08. The van der Waals surface area contributed by atoms with Gasteiger partial charge in [-0.2, -0.15) is 0 Å². The van der Waals surface area contributed by atoms with Gasteiger partial charge in [0, 0.05) is 0 Å². The molecule has 0 aliphatic carbocycles. The molecule has 4 atom stereocenters. The first-order valence-corrected chi connectivity index (χ1v) is 3.85. The normalized spacial score (nSPS) is 42.5. The molecule has 0 saturated carbocycles. The first-order chi connectivity index (χ1) is 5.57. The van der Waals surface area contributed by atoms with Crippen LogP contribution in [-0.4, -0.2) is 46.1 Å². The van der Waals surface area contributed by atoms with Gasteiger partial charge in [-0.25, -0.2) is 0 Å². The van der Waals surface area contributed by atoms with Crippen molar-refractivity contribution in [3.05, 3.63) is 0 Å². The summed E-state index contributed by atoms with van der Waals surface area (Å²) >= 11 is 0. The Morgan fingerprint density at radius 2 is 2.00 bits per heavy atom. The van der Waals surface area contributed by atoms with E-state index < -0.39 is 24.2 Å². The fourth-order valence-corrected chi connectivity index (χ4v) is 1.24. The summed E-state index contributed by atoms with van der Waals surface area (Å²) in [4.78, 5) is 11.0. The highest BCUT2D eigenvalue weighted by molar-refractivity contribution is 5.80. The van der Waals surface area contributed by atoms with Crippen LogP contribution in [0.5, 0.6) is 0 Å². The molecule has 0 aromatic rings. The number of piperidine rings is 1. The average molecular weight is 175 g/mol. The zero-order valence-electron chi connectivity index (χ0n) is 6.77. The molecule has 4 N–H and O–H groups in total. The van der Waals surface area contributed by atoms with Crippen LogP contribution in [0.1, 0.15) is 6.92 Å².